The van der Waals surface area contributed by atoms with Crippen molar-refractivity contribution in [1.29, 1.82) is 0 Å². The van der Waals surface area contributed by atoms with Crippen LogP contribution in [-0.2, 0) is 12.8 Å². The van der Waals surface area contributed by atoms with Crippen molar-refractivity contribution in [3.05, 3.63) is 34.3 Å². The molecule has 16 heavy (non-hydrogen) atoms. The summed E-state index contributed by atoms with van der Waals surface area (Å²) in [5.41, 5.74) is 2.81. The molecule has 1 unspecified atom stereocenters. The summed E-state index contributed by atoms with van der Waals surface area (Å²) in [6.45, 7) is 4.50. The molecule has 0 radical (unpaired) electrons. The first-order valence-electron chi connectivity index (χ1n) is 6.07. The molecular weight excluding hydrogens is 218 g/mol. The van der Waals surface area contributed by atoms with E-state index in [2.05, 4.69) is 37.9 Å². The van der Waals surface area contributed by atoms with Gasteiger partial charge in [-0.15, -0.1) is 0 Å². The molecular formula is C14H20ClN. The average molecular weight is 238 g/mol. The molecule has 0 fully saturated rings. The third kappa shape index (κ3) is 2.26. The first-order chi connectivity index (χ1) is 7.59. The zero-order chi connectivity index (χ0) is 11.7. The van der Waals surface area contributed by atoms with E-state index in [4.69, 9.17) is 11.6 Å². The van der Waals surface area contributed by atoms with Gasteiger partial charge >= 0.3 is 0 Å². The molecule has 0 spiro atoms. The maximum atomic E-state index is 6.27. The molecule has 2 rings (SSSR count). The predicted molar refractivity (Wildman–Crippen MR) is 70.2 cm³/mol. The molecule has 1 aromatic rings. The van der Waals surface area contributed by atoms with Crippen LogP contribution in [0.2, 0.25) is 5.02 Å². The van der Waals surface area contributed by atoms with Crippen molar-refractivity contribution in [2.75, 3.05) is 7.05 Å². The number of likely N-dealkylation sites (N-methyl/N-ethyl adjacent to an activating group) is 1. The second-order valence-electron chi connectivity index (χ2n) is 5.03. The summed E-state index contributed by atoms with van der Waals surface area (Å²) in [7, 11) is 2.22. The lowest BCUT2D eigenvalue weighted by atomic mass is 9.87. The Morgan fingerprint density at radius 2 is 2.12 bits per heavy atom. The smallest absolute Gasteiger partial charge is 0.0441 e. The minimum Gasteiger partial charge on any atom is -0.301 e. The molecule has 0 N–H and O–H groups in total. The minimum atomic E-state index is 0.606. The highest BCUT2D eigenvalue weighted by atomic mass is 35.5. The second kappa shape index (κ2) is 4.77. The van der Waals surface area contributed by atoms with Crippen molar-refractivity contribution in [2.24, 2.45) is 0 Å². The molecule has 0 heterocycles. The van der Waals surface area contributed by atoms with Gasteiger partial charge in [0.05, 0.1) is 0 Å². The van der Waals surface area contributed by atoms with Gasteiger partial charge in [0.2, 0.25) is 0 Å². The number of aryl methyl sites for hydroxylation is 1. The topological polar surface area (TPSA) is 3.24 Å². The van der Waals surface area contributed by atoms with Gasteiger partial charge in [0.15, 0.2) is 0 Å². The number of hydrogen-bond donors (Lipinski definition) is 0. The summed E-state index contributed by atoms with van der Waals surface area (Å²) in [6.07, 6.45) is 3.52. The van der Waals surface area contributed by atoms with E-state index in [9.17, 15) is 0 Å². The highest BCUT2D eigenvalue weighted by molar-refractivity contribution is 6.31. The Hall–Kier alpha value is -0.530. The molecule has 1 aliphatic rings. The largest absolute Gasteiger partial charge is 0.301 e. The van der Waals surface area contributed by atoms with E-state index in [0.717, 1.165) is 17.9 Å². The van der Waals surface area contributed by atoms with Crippen molar-refractivity contribution in [3.63, 3.8) is 0 Å². The number of hydrogen-bond acceptors (Lipinski definition) is 1. The van der Waals surface area contributed by atoms with Gasteiger partial charge < -0.3 is 4.90 Å². The first-order valence-corrected chi connectivity index (χ1v) is 6.45. The van der Waals surface area contributed by atoms with Crippen LogP contribution in [0.15, 0.2) is 18.2 Å². The predicted octanol–water partition coefficient (Wildman–Crippen LogP) is 3.54. The van der Waals surface area contributed by atoms with Crippen LogP contribution < -0.4 is 0 Å². The van der Waals surface area contributed by atoms with Crippen LogP contribution in [0.3, 0.4) is 0 Å². The van der Waals surface area contributed by atoms with Gasteiger partial charge in [-0.25, -0.2) is 0 Å². The Morgan fingerprint density at radius 1 is 1.38 bits per heavy atom. The molecule has 1 aromatic carbocycles. The summed E-state index contributed by atoms with van der Waals surface area (Å²) in [6, 6.07) is 7.54. The van der Waals surface area contributed by atoms with E-state index in [1.807, 2.05) is 6.07 Å². The number of nitrogens with zero attached hydrogens (tertiary/aromatic N) is 1. The van der Waals surface area contributed by atoms with Crippen LogP contribution in [-0.4, -0.2) is 24.0 Å². The Labute approximate surface area is 103 Å². The van der Waals surface area contributed by atoms with E-state index < -0.39 is 0 Å². The van der Waals surface area contributed by atoms with Crippen LogP contribution in [0, 0.1) is 0 Å². The van der Waals surface area contributed by atoms with Crippen LogP contribution in [0.4, 0.5) is 0 Å². The van der Waals surface area contributed by atoms with Gasteiger partial charge in [-0.1, -0.05) is 23.7 Å². The molecule has 0 aliphatic heterocycles. The van der Waals surface area contributed by atoms with E-state index in [1.165, 1.54) is 17.5 Å². The Bertz CT molecular complexity index is 373. The highest BCUT2D eigenvalue weighted by Gasteiger charge is 2.24. The van der Waals surface area contributed by atoms with E-state index in [-0.39, 0.29) is 0 Å². The van der Waals surface area contributed by atoms with Crippen LogP contribution in [0.1, 0.15) is 31.4 Å². The molecule has 2 heteroatoms. The summed E-state index contributed by atoms with van der Waals surface area (Å²) in [5.74, 6) is 0. The molecule has 1 atom stereocenters. The number of halogens is 1. The van der Waals surface area contributed by atoms with Crippen molar-refractivity contribution in [1.82, 2.24) is 4.90 Å². The van der Waals surface area contributed by atoms with Gasteiger partial charge in [-0.3, -0.25) is 0 Å². The minimum absolute atomic E-state index is 0.606. The van der Waals surface area contributed by atoms with E-state index in [0.29, 0.717) is 12.1 Å². The van der Waals surface area contributed by atoms with Crippen molar-refractivity contribution in [2.45, 2.75) is 45.2 Å². The fourth-order valence-electron chi connectivity index (χ4n) is 2.50. The molecule has 1 nitrogen and oxygen atoms in total. The van der Waals surface area contributed by atoms with Crippen LogP contribution >= 0.6 is 11.6 Å². The third-order valence-electron chi connectivity index (χ3n) is 3.79. The normalized spacial score (nSPS) is 20.2. The lowest BCUT2D eigenvalue weighted by Gasteiger charge is -2.35. The van der Waals surface area contributed by atoms with Gasteiger partial charge in [0.1, 0.15) is 0 Å². The SMILES string of the molecule is CC(C)N(C)C1CCc2cccc(Cl)c2C1. The van der Waals surface area contributed by atoms with Crippen LogP contribution in [0.25, 0.3) is 0 Å². The van der Waals surface area contributed by atoms with Gasteiger partial charge in [0.25, 0.3) is 0 Å². The second-order valence-corrected chi connectivity index (χ2v) is 5.44. The third-order valence-corrected chi connectivity index (χ3v) is 4.15. The summed E-state index contributed by atoms with van der Waals surface area (Å²) in [4.78, 5) is 2.46. The summed E-state index contributed by atoms with van der Waals surface area (Å²) >= 11 is 6.27. The number of rotatable bonds is 2. The highest BCUT2D eigenvalue weighted by Crippen LogP contribution is 2.29. The van der Waals surface area contributed by atoms with E-state index >= 15 is 0 Å². The van der Waals surface area contributed by atoms with Gasteiger partial charge in [-0.2, -0.15) is 0 Å². The fraction of sp³-hybridized carbons (Fsp3) is 0.571. The summed E-state index contributed by atoms with van der Waals surface area (Å²) < 4.78 is 0. The Balaban J connectivity index is 2.20. The first kappa shape index (κ1) is 11.9. The van der Waals surface area contributed by atoms with E-state index in [1.54, 1.807) is 0 Å². The van der Waals surface area contributed by atoms with Crippen molar-refractivity contribution < 1.29 is 0 Å². The lowest BCUT2D eigenvalue weighted by molar-refractivity contribution is 0.179. The fourth-order valence-corrected chi connectivity index (χ4v) is 2.77. The molecule has 0 saturated carbocycles. The zero-order valence-electron chi connectivity index (χ0n) is 10.3. The quantitative estimate of drug-likeness (QED) is 0.761. The Morgan fingerprint density at radius 3 is 2.81 bits per heavy atom. The molecule has 88 valence electrons. The molecule has 0 amide bonds. The number of fused-ring (bicyclic) bond motifs is 1. The standard InChI is InChI=1S/C14H20ClN/c1-10(2)16(3)12-8-7-11-5-4-6-14(15)13(11)9-12/h4-6,10,12H,7-9H2,1-3H3. The molecule has 1 aliphatic carbocycles. The van der Waals surface area contributed by atoms with Crippen LogP contribution in [0.5, 0.6) is 0 Å². The molecule has 0 bridgehead atoms. The molecule has 0 aromatic heterocycles. The van der Waals surface area contributed by atoms with Gasteiger partial charge in [0, 0.05) is 17.1 Å². The maximum absolute atomic E-state index is 6.27. The van der Waals surface area contributed by atoms with Gasteiger partial charge in [-0.05, 0) is 57.4 Å². The number of benzene rings is 1. The monoisotopic (exact) mass is 237 g/mol. The maximum Gasteiger partial charge on any atom is 0.0441 e. The average Bonchev–Trinajstić information content (AvgIpc) is 2.28. The Kier molecular flexibility index (Phi) is 3.56. The molecule has 0 saturated heterocycles. The zero-order valence-corrected chi connectivity index (χ0v) is 11.1. The lowest BCUT2D eigenvalue weighted by Crippen LogP contribution is -2.40. The van der Waals surface area contributed by atoms with Crippen molar-refractivity contribution in [3.8, 4) is 0 Å². The summed E-state index contributed by atoms with van der Waals surface area (Å²) in [5, 5.41) is 0.944. The van der Waals surface area contributed by atoms with Crippen molar-refractivity contribution >= 4 is 11.6 Å².